The highest BCUT2D eigenvalue weighted by Gasteiger charge is 1.98. The summed E-state index contributed by atoms with van der Waals surface area (Å²) in [6.45, 7) is 7.05. The standard InChI is InChI=1S/C16H32O7/c1-3-4-5-6-19-7-8-20-9-10-21-11-12-22-13-14-23-15-16(17)18-2/h3-15H2,1-2H3. The van der Waals surface area contributed by atoms with Crippen molar-refractivity contribution in [2.75, 3.05) is 73.2 Å². The van der Waals surface area contributed by atoms with Crippen molar-refractivity contribution in [3.8, 4) is 0 Å². The van der Waals surface area contributed by atoms with Gasteiger partial charge >= 0.3 is 5.97 Å². The Balaban J connectivity index is 2.99. The third kappa shape index (κ3) is 19.2. The molecule has 0 aliphatic rings. The van der Waals surface area contributed by atoms with Crippen LogP contribution in [0.2, 0.25) is 0 Å². The number of methoxy groups -OCH3 is 1. The monoisotopic (exact) mass is 336 g/mol. The smallest absolute Gasteiger partial charge is 0.331 e. The van der Waals surface area contributed by atoms with E-state index < -0.39 is 0 Å². The van der Waals surface area contributed by atoms with E-state index in [4.69, 9.17) is 23.7 Å². The van der Waals surface area contributed by atoms with Crippen LogP contribution in [0.25, 0.3) is 0 Å². The van der Waals surface area contributed by atoms with E-state index in [0.29, 0.717) is 52.9 Å². The Bertz CT molecular complexity index is 249. The first-order valence-electron chi connectivity index (χ1n) is 8.26. The molecule has 138 valence electrons. The lowest BCUT2D eigenvalue weighted by Crippen LogP contribution is -2.15. The van der Waals surface area contributed by atoms with E-state index in [-0.39, 0.29) is 12.6 Å². The van der Waals surface area contributed by atoms with Gasteiger partial charge in [0.1, 0.15) is 6.61 Å². The second-order valence-electron chi connectivity index (χ2n) is 4.79. The van der Waals surface area contributed by atoms with E-state index in [9.17, 15) is 4.79 Å². The van der Waals surface area contributed by atoms with Crippen LogP contribution in [-0.4, -0.2) is 79.1 Å². The normalized spacial score (nSPS) is 10.9. The Labute approximate surface area is 139 Å². The summed E-state index contributed by atoms with van der Waals surface area (Å²) in [5, 5.41) is 0. The van der Waals surface area contributed by atoms with Crippen molar-refractivity contribution in [2.24, 2.45) is 0 Å². The molecule has 0 aliphatic carbocycles. The van der Waals surface area contributed by atoms with E-state index in [2.05, 4.69) is 11.7 Å². The molecule has 7 heteroatoms. The minimum Gasteiger partial charge on any atom is -0.467 e. The van der Waals surface area contributed by atoms with Gasteiger partial charge in [0.2, 0.25) is 0 Å². The summed E-state index contributed by atoms with van der Waals surface area (Å²) >= 11 is 0. The number of hydrogen-bond acceptors (Lipinski definition) is 7. The number of ether oxygens (including phenoxy) is 6. The molecule has 0 rings (SSSR count). The number of carbonyl (C=O) groups excluding carboxylic acids is 1. The highest BCUT2D eigenvalue weighted by Crippen LogP contribution is 1.93. The zero-order valence-electron chi connectivity index (χ0n) is 14.6. The fourth-order valence-electron chi connectivity index (χ4n) is 1.55. The first-order chi connectivity index (χ1) is 11.3. The van der Waals surface area contributed by atoms with Gasteiger partial charge in [-0.05, 0) is 6.42 Å². The topological polar surface area (TPSA) is 72.5 Å². The molecule has 0 fully saturated rings. The van der Waals surface area contributed by atoms with Gasteiger partial charge in [-0.25, -0.2) is 4.79 Å². The molecule has 0 aromatic carbocycles. The van der Waals surface area contributed by atoms with Crippen molar-refractivity contribution < 1.29 is 33.2 Å². The predicted molar refractivity (Wildman–Crippen MR) is 85.6 cm³/mol. The lowest BCUT2D eigenvalue weighted by atomic mass is 10.3. The first kappa shape index (κ1) is 22.3. The lowest BCUT2D eigenvalue weighted by Gasteiger charge is -2.07. The summed E-state index contributed by atoms with van der Waals surface area (Å²) in [5.74, 6) is -0.389. The van der Waals surface area contributed by atoms with Crippen LogP contribution in [0.5, 0.6) is 0 Å². The van der Waals surface area contributed by atoms with E-state index in [1.807, 2.05) is 0 Å². The van der Waals surface area contributed by atoms with Crippen LogP contribution in [0.15, 0.2) is 0 Å². The molecule has 23 heavy (non-hydrogen) atoms. The average molecular weight is 336 g/mol. The van der Waals surface area contributed by atoms with E-state index in [0.717, 1.165) is 13.0 Å². The summed E-state index contributed by atoms with van der Waals surface area (Å²) in [4.78, 5) is 10.7. The molecule has 0 heterocycles. The van der Waals surface area contributed by atoms with Crippen LogP contribution in [0.4, 0.5) is 0 Å². The van der Waals surface area contributed by atoms with E-state index in [1.165, 1.54) is 20.0 Å². The highest BCUT2D eigenvalue weighted by atomic mass is 16.6. The predicted octanol–water partition coefficient (Wildman–Crippen LogP) is 1.43. The van der Waals surface area contributed by atoms with Crippen LogP contribution in [0, 0.1) is 0 Å². The highest BCUT2D eigenvalue weighted by molar-refractivity contribution is 5.70. The third-order valence-electron chi connectivity index (χ3n) is 2.83. The van der Waals surface area contributed by atoms with Crippen molar-refractivity contribution in [2.45, 2.75) is 26.2 Å². The maximum absolute atomic E-state index is 10.7. The largest absolute Gasteiger partial charge is 0.467 e. The van der Waals surface area contributed by atoms with Gasteiger partial charge in [-0.15, -0.1) is 0 Å². The Hall–Kier alpha value is -0.730. The Morgan fingerprint density at radius 1 is 0.652 bits per heavy atom. The minimum atomic E-state index is -0.389. The van der Waals surface area contributed by atoms with Crippen molar-refractivity contribution in [1.29, 1.82) is 0 Å². The number of hydrogen-bond donors (Lipinski definition) is 0. The number of unbranched alkanes of at least 4 members (excludes halogenated alkanes) is 2. The Morgan fingerprint density at radius 2 is 1.09 bits per heavy atom. The second kappa shape index (κ2) is 19.3. The zero-order chi connectivity index (χ0) is 17.0. The summed E-state index contributed by atoms with van der Waals surface area (Å²) in [5.41, 5.74) is 0. The van der Waals surface area contributed by atoms with Gasteiger partial charge in [0.15, 0.2) is 0 Å². The Morgan fingerprint density at radius 3 is 1.52 bits per heavy atom. The molecule has 0 saturated heterocycles. The number of esters is 1. The molecule has 0 saturated carbocycles. The fraction of sp³-hybridized carbons (Fsp3) is 0.938. The van der Waals surface area contributed by atoms with Crippen LogP contribution >= 0.6 is 0 Å². The molecule has 0 unspecified atom stereocenters. The molecule has 7 nitrogen and oxygen atoms in total. The molecule has 0 radical (unpaired) electrons. The van der Waals surface area contributed by atoms with Gasteiger partial charge in [-0.1, -0.05) is 19.8 Å². The maximum Gasteiger partial charge on any atom is 0.331 e. The number of carbonyl (C=O) groups is 1. The first-order valence-corrected chi connectivity index (χ1v) is 8.26. The summed E-state index contributed by atoms with van der Waals surface area (Å²) < 4.78 is 30.9. The van der Waals surface area contributed by atoms with Gasteiger partial charge < -0.3 is 28.4 Å². The lowest BCUT2D eigenvalue weighted by molar-refractivity contribution is -0.146. The van der Waals surface area contributed by atoms with Crippen molar-refractivity contribution >= 4 is 5.97 Å². The molecule has 0 amide bonds. The Kier molecular flexibility index (Phi) is 18.7. The van der Waals surface area contributed by atoms with Crippen molar-refractivity contribution in [3.05, 3.63) is 0 Å². The molecular weight excluding hydrogens is 304 g/mol. The van der Waals surface area contributed by atoms with Gasteiger partial charge in [0.25, 0.3) is 0 Å². The van der Waals surface area contributed by atoms with E-state index in [1.54, 1.807) is 0 Å². The maximum atomic E-state index is 10.7. The summed E-state index contributed by atoms with van der Waals surface area (Å²) in [6, 6.07) is 0. The van der Waals surface area contributed by atoms with Gasteiger partial charge in [-0.2, -0.15) is 0 Å². The zero-order valence-corrected chi connectivity index (χ0v) is 14.6. The molecule has 0 bridgehead atoms. The van der Waals surface area contributed by atoms with Crippen molar-refractivity contribution in [1.82, 2.24) is 0 Å². The van der Waals surface area contributed by atoms with Gasteiger partial charge in [0.05, 0.1) is 60.0 Å². The van der Waals surface area contributed by atoms with Crippen LogP contribution in [-0.2, 0) is 33.2 Å². The fourth-order valence-corrected chi connectivity index (χ4v) is 1.55. The van der Waals surface area contributed by atoms with Gasteiger partial charge in [0, 0.05) is 6.61 Å². The molecule has 0 atom stereocenters. The average Bonchev–Trinajstić information content (AvgIpc) is 2.57. The molecule has 0 aliphatic heterocycles. The van der Waals surface area contributed by atoms with E-state index >= 15 is 0 Å². The second-order valence-corrected chi connectivity index (χ2v) is 4.79. The molecular formula is C16H32O7. The molecule has 0 N–H and O–H groups in total. The summed E-state index contributed by atoms with van der Waals surface area (Å²) in [6.07, 6.45) is 3.54. The molecule has 0 aromatic rings. The molecule has 0 spiro atoms. The minimum absolute atomic E-state index is 0.0456. The number of rotatable bonds is 18. The quantitative estimate of drug-likeness (QED) is 0.277. The van der Waals surface area contributed by atoms with Crippen molar-refractivity contribution in [3.63, 3.8) is 0 Å². The van der Waals surface area contributed by atoms with Gasteiger partial charge in [-0.3, -0.25) is 0 Å². The SMILES string of the molecule is CCCCCOCCOCCOCCOCCOCC(=O)OC. The van der Waals surface area contributed by atoms with Crippen LogP contribution in [0.3, 0.4) is 0 Å². The summed E-state index contributed by atoms with van der Waals surface area (Å²) in [7, 11) is 1.32. The van der Waals surface area contributed by atoms with Crippen LogP contribution in [0.1, 0.15) is 26.2 Å². The molecule has 0 aromatic heterocycles. The van der Waals surface area contributed by atoms with Crippen LogP contribution < -0.4 is 0 Å². The third-order valence-corrected chi connectivity index (χ3v) is 2.83.